The largest absolute Gasteiger partial charge is 0.389 e. The van der Waals surface area contributed by atoms with Crippen LogP contribution in [0.15, 0.2) is 24.3 Å². The number of amides is 2. The van der Waals surface area contributed by atoms with Crippen molar-refractivity contribution in [1.82, 2.24) is 5.32 Å². The molecule has 0 saturated carbocycles. The molecule has 0 bridgehead atoms. The molecule has 0 aliphatic carbocycles. The molecule has 0 saturated heterocycles. The molecule has 5 heteroatoms. The van der Waals surface area contributed by atoms with Gasteiger partial charge in [0.2, 0.25) is 0 Å². The number of benzene rings is 1. The monoisotopic (exact) mass is 280 g/mol. The summed E-state index contributed by atoms with van der Waals surface area (Å²) in [6, 6.07) is 6.92. The van der Waals surface area contributed by atoms with E-state index in [1.807, 2.05) is 6.07 Å². The van der Waals surface area contributed by atoms with E-state index < -0.39 is 6.10 Å². The summed E-state index contributed by atoms with van der Waals surface area (Å²) in [6.45, 7) is 5.75. The summed E-state index contributed by atoms with van der Waals surface area (Å²) in [6.07, 6.45) is 1.25. The molecule has 0 aliphatic rings. The van der Waals surface area contributed by atoms with Gasteiger partial charge in [0.05, 0.1) is 6.10 Å². The fraction of sp³-hybridized carbons (Fsp3) is 0.533. The summed E-state index contributed by atoms with van der Waals surface area (Å²) in [5, 5.41) is 15.0. The Labute approximate surface area is 120 Å². The second kappa shape index (κ2) is 9.34. The number of aliphatic hydroxyl groups excluding tert-OH is 1. The molecular weight excluding hydrogens is 256 g/mol. The van der Waals surface area contributed by atoms with Crippen molar-refractivity contribution in [2.45, 2.75) is 32.8 Å². The molecular formula is C15H24N2O3. The Kier molecular flexibility index (Phi) is 7.69. The maximum absolute atomic E-state index is 11.7. The van der Waals surface area contributed by atoms with Crippen LogP contribution >= 0.6 is 0 Å². The molecule has 0 heterocycles. The van der Waals surface area contributed by atoms with E-state index in [4.69, 9.17) is 4.74 Å². The number of urea groups is 1. The third kappa shape index (κ3) is 6.54. The lowest BCUT2D eigenvalue weighted by Crippen LogP contribution is -2.30. The van der Waals surface area contributed by atoms with Crippen molar-refractivity contribution in [2.75, 3.05) is 25.1 Å². The molecule has 1 atom stereocenters. The lowest BCUT2D eigenvalue weighted by atomic mass is 10.1. The lowest BCUT2D eigenvalue weighted by Gasteiger charge is -2.10. The van der Waals surface area contributed by atoms with Gasteiger partial charge in [-0.2, -0.15) is 0 Å². The van der Waals surface area contributed by atoms with E-state index in [0.717, 1.165) is 25.0 Å². The minimum atomic E-state index is -0.546. The molecule has 5 nitrogen and oxygen atoms in total. The quantitative estimate of drug-likeness (QED) is 0.641. The van der Waals surface area contributed by atoms with Gasteiger partial charge < -0.3 is 20.5 Å². The highest BCUT2D eigenvalue weighted by molar-refractivity contribution is 5.89. The zero-order valence-electron chi connectivity index (χ0n) is 12.2. The van der Waals surface area contributed by atoms with Crippen molar-refractivity contribution in [3.05, 3.63) is 29.8 Å². The zero-order valence-corrected chi connectivity index (χ0v) is 12.2. The molecule has 2 amide bonds. The molecule has 0 aromatic heterocycles. The van der Waals surface area contributed by atoms with Crippen LogP contribution in [0.4, 0.5) is 10.5 Å². The van der Waals surface area contributed by atoms with Crippen LogP contribution in [0.1, 0.15) is 38.4 Å². The molecule has 1 rings (SSSR count). The Hall–Kier alpha value is -1.59. The van der Waals surface area contributed by atoms with Crippen molar-refractivity contribution in [3.63, 3.8) is 0 Å². The van der Waals surface area contributed by atoms with Crippen molar-refractivity contribution in [1.29, 1.82) is 0 Å². The highest BCUT2D eigenvalue weighted by atomic mass is 16.5. The summed E-state index contributed by atoms with van der Waals surface area (Å²) >= 11 is 0. The predicted octanol–water partition coefficient (Wildman–Crippen LogP) is 2.68. The topological polar surface area (TPSA) is 70.6 Å². The summed E-state index contributed by atoms with van der Waals surface area (Å²) in [5.74, 6) is 0. The maximum Gasteiger partial charge on any atom is 0.319 e. The Morgan fingerprint density at radius 1 is 1.40 bits per heavy atom. The van der Waals surface area contributed by atoms with Crippen LogP contribution in [-0.4, -0.2) is 30.9 Å². The van der Waals surface area contributed by atoms with E-state index in [0.29, 0.717) is 18.8 Å². The molecule has 1 aromatic rings. The number of carbonyl (C=O) groups excluding carboxylic acids is 1. The van der Waals surface area contributed by atoms with E-state index in [1.54, 1.807) is 25.1 Å². The fourth-order valence-corrected chi connectivity index (χ4v) is 1.67. The van der Waals surface area contributed by atoms with Gasteiger partial charge in [0.15, 0.2) is 0 Å². The molecule has 0 fully saturated rings. The van der Waals surface area contributed by atoms with Crippen LogP contribution in [0.5, 0.6) is 0 Å². The van der Waals surface area contributed by atoms with Gasteiger partial charge in [-0.15, -0.1) is 0 Å². The van der Waals surface area contributed by atoms with Gasteiger partial charge in [0.1, 0.15) is 0 Å². The van der Waals surface area contributed by atoms with Gasteiger partial charge in [0, 0.05) is 25.4 Å². The van der Waals surface area contributed by atoms with Gasteiger partial charge in [-0.3, -0.25) is 0 Å². The number of rotatable bonds is 8. The van der Waals surface area contributed by atoms with Gasteiger partial charge in [-0.05, 0) is 37.5 Å². The summed E-state index contributed by atoms with van der Waals surface area (Å²) in [4.78, 5) is 11.7. The van der Waals surface area contributed by atoms with Gasteiger partial charge in [-0.25, -0.2) is 4.79 Å². The number of hydrogen-bond acceptors (Lipinski definition) is 3. The third-order valence-corrected chi connectivity index (χ3v) is 2.73. The minimum absolute atomic E-state index is 0.247. The lowest BCUT2D eigenvalue weighted by molar-refractivity contribution is 0.132. The first-order valence-corrected chi connectivity index (χ1v) is 7.04. The SMILES string of the molecule is CCCOCCCNC(=O)Nc1cccc(C(C)O)c1. The van der Waals surface area contributed by atoms with Crippen molar-refractivity contribution in [2.24, 2.45) is 0 Å². The number of ether oxygens (including phenoxy) is 1. The first-order chi connectivity index (χ1) is 9.63. The van der Waals surface area contributed by atoms with Crippen LogP contribution < -0.4 is 10.6 Å². The van der Waals surface area contributed by atoms with E-state index in [2.05, 4.69) is 17.6 Å². The molecule has 1 unspecified atom stereocenters. The average Bonchev–Trinajstić information content (AvgIpc) is 2.43. The summed E-state index contributed by atoms with van der Waals surface area (Å²) in [5.41, 5.74) is 1.44. The highest BCUT2D eigenvalue weighted by Gasteiger charge is 2.04. The Bertz CT molecular complexity index is 408. The number of aliphatic hydroxyl groups is 1. The molecule has 112 valence electrons. The standard InChI is InChI=1S/C15H24N2O3/c1-3-9-20-10-5-8-16-15(19)17-14-7-4-6-13(11-14)12(2)18/h4,6-7,11-12,18H,3,5,8-10H2,1-2H3,(H2,16,17,19). The molecule has 0 spiro atoms. The predicted molar refractivity (Wildman–Crippen MR) is 79.8 cm³/mol. The van der Waals surface area contributed by atoms with E-state index >= 15 is 0 Å². The van der Waals surface area contributed by atoms with E-state index in [1.165, 1.54) is 0 Å². The second-order valence-electron chi connectivity index (χ2n) is 4.65. The number of anilines is 1. The molecule has 0 radical (unpaired) electrons. The first kappa shape index (κ1) is 16.5. The number of hydrogen-bond donors (Lipinski definition) is 3. The Morgan fingerprint density at radius 3 is 2.90 bits per heavy atom. The van der Waals surface area contributed by atoms with Crippen molar-refractivity contribution in [3.8, 4) is 0 Å². The average molecular weight is 280 g/mol. The summed E-state index contributed by atoms with van der Waals surface area (Å²) < 4.78 is 5.33. The Morgan fingerprint density at radius 2 is 2.20 bits per heavy atom. The van der Waals surface area contributed by atoms with Crippen molar-refractivity contribution < 1.29 is 14.6 Å². The number of nitrogens with one attached hydrogen (secondary N) is 2. The maximum atomic E-state index is 11.7. The first-order valence-electron chi connectivity index (χ1n) is 7.04. The molecule has 3 N–H and O–H groups in total. The van der Waals surface area contributed by atoms with E-state index in [9.17, 15) is 9.90 Å². The number of carbonyl (C=O) groups is 1. The molecule has 0 aliphatic heterocycles. The van der Waals surface area contributed by atoms with Crippen LogP contribution in [0, 0.1) is 0 Å². The normalized spacial score (nSPS) is 11.9. The van der Waals surface area contributed by atoms with Crippen LogP contribution in [0.2, 0.25) is 0 Å². The fourth-order valence-electron chi connectivity index (χ4n) is 1.67. The third-order valence-electron chi connectivity index (χ3n) is 2.73. The summed E-state index contributed by atoms with van der Waals surface area (Å²) in [7, 11) is 0. The Balaban J connectivity index is 2.26. The smallest absolute Gasteiger partial charge is 0.319 e. The molecule has 1 aromatic carbocycles. The van der Waals surface area contributed by atoms with Crippen LogP contribution in [0.3, 0.4) is 0 Å². The zero-order chi connectivity index (χ0) is 14.8. The molecule has 20 heavy (non-hydrogen) atoms. The van der Waals surface area contributed by atoms with Gasteiger partial charge >= 0.3 is 6.03 Å². The van der Waals surface area contributed by atoms with Crippen molar-refractivity contribution >= 4 is 11.7 Å². The van der Waals surface area contributed by atoms with Gasteiger partial charge in [-0.1, -0.05) is 19.1 Å². The second-order valence-corrected chi connectivity index (χ2v) is 4.65. The van der Waals surface area contributed by atoms with Gasteiger partial charge in [0.25, 0.3) is 0 Å². The van der Waals surface area contributed by atoms with Crippen LogP contribution in [-0.2, 0) is 4.74 Å². The highest BCUT2D eigenvalue weighted by Crippen LogP contribution is 2.16. The minimum Gasteiger partial charge on any atom is -0.389 e. The van der Waals surface area contributed by atoms with E-state index in [-0.39, 0.29) is 6.03 Å². The van der Waals surface area contributed by atoms with Crippen LogP contribution in [0.25, 0.3) is 0 Å².